The molecular formula is C12H11NO4. The molecule has 0 amide bonds. The zero-order chi connectivity index (χ0) is 12.6. The Morgan fingerprint density at radius 3 is 2.65 bits per heavy atom. The predicted octanol–water partition coefficient (Wildman–Crippen LogP) is 2.10. The first-order chi connectivity index (χ1) is 7.99. The molecule has 0 aliphatic heterocycles. The van der Waals surface area contributed by atoms with Crippen molar-refractivity contribution in [2.24, 2.45) is 0 Å². The van der Waals surface area contributed by atoms with Gasteiger partial charge in [0.25, 0.3) is 0 Å². The average Bonchev–Trinajstić information content (AvgIpc) is 2.52. The lowest BCUT2D eigenvalue weighted by Crippen LogP contribution is -2.01. The van der Waals surface area contributed by atoms with Crippen LogP contribution in [0.2, 0.25) is 0 Å². The molecule has 0 aliphatic carbocycles. The Morgan fingerprint density at radius 1 is 1.35 bits per heavy atom. The maximum Gasteiger partial charge on any atom is 0.338 e. The van der Waals surface area contributed by atoms with E-state index in [4.69, 9.17) is 9.84 Å². The van der Waals surface area contributed by atoms with Gasteiger partial charge in [-0.05, 0) is 25.1 Å². The van der Waals surface area contributed by atoms with Crippen LogP contribution in [0.5, 0.6) is 5.75 Å². The molecule has 0 bridgehead atoms. The van der Waals surface area contributed by atoms with Crippen LogP contribution in [0.3, 0.4) is 0 Å². The molecule has 0 radical (unpaired) electrons. The monoisotopic (exact) mass is 233 g/mol. The fraction of sp³-hybridized carbons (Fsp3) is 0.167. The number of ether oxygens (including phenoxy) is 1. The molecule has 1 heterocycles. The summed E-state index contributed by atoms with van der Waals surface area (Å²) in [6.45, 7) is 2.99. The molecule has 2 rings (SSSR count). The van der Waals surface area contributed by atoms with Crippen LogP contribution < -0.4 is 4.74 Å². The predicted molar refractivity (Wildman–Crippen MR) is 61.3 cm³/mol. The topological polar surface area (TPSA) is 79.4 Å². The van der Waals surface area contributed by atoms with Crippen LogP contribution in [0.4, 0.5) is 0 Å². The average molecular weight is 233 g/mol. The van der Waals surface area contributed by atoms with Crippen LogP contribution in [0.1, 0.15) is 23.0 Å². The maximum absolute atomic E-state index is 11.1. The van der Waals surface area contributed by atoms with Crippen LogP contribution in [-0.2, 0) is 4.79 Å². The van der Waals surface area contributed by atoms with E-state index in [1.165, 1.54) is 6.92 Å². The van der Waals surface area contributed by atoms with Gasteiger partial charge in [-0.3, -0.25) is 4.79 Å². The largest absolute Gasteiger partial charge is 0.478 e. The van der Waals surface area contributed by atoms with Crippen molar-refractivity contribution in [2.45, 2.75) is 13.8 Å². The van der Waals surface area contributed by atoms with Crippen LogP contribution in [-0.4, -0.2) is 22.0 Å². The fourth-order valence-electron chi connectivity index (χ4n) is 1.81. The number of nitrogens with one attached hydrogen (secondary N) is 1. The van der Waals surface area contributed by atoms with Gasteiger partial charge in [0, 0.05) is 23.5 Å². The van der Waals surface area contributed by atoms with E-state index in [2.05, 4.69) is 4.98 Å². The number of carbonyl (C=O) groups excluding carboxylic acids is 1. The number of benzene rings is 1. The number of carboxylic acid groups (broad SMARTS) is 1. The smallest absolute Gasteiger partial charge is 0.338 e. The minimum Gasteiger partial charge on any atom is -0.478 e. The SMILES string of the molecule is CC(=O)Oc1ccc2[nH]c(C)c(C(=O)O)c2c1. The minimum atomic E-state index is -1.01. The van der Waals surface area contributed by atoms with Crippen LogP contribution in [0, 0.1) is 6.92 Å². The second-order valence-electron chi connectivity index (χ2n) is 3.73. The molecule has 88 valence electrons. The Balaban J connectivity index is 2.62. The number of rotatable bonds is 2. The molecule has 0 spiro atoms. The van der Waals surface area contributed by atoms with E-state index in [9.17, 15) is 9.59 Å². The van der Waals surface area contributed by atoms with Crippen molar-refractivity contribution in [3.05, 3.63) is 29.5 Å². The highest BCUT2D eigenvalue weighted by Crippen LogP contribution is 2.26. The van der Waals surface area contributed by atoms with E-state index in [1.807, 2.05) is 0 Å². The quantitative estimate of drug-likeness (QED) is 0.615. The van der Waals surface area contributed by atoms with Gasteiger partial charge in [-0.2, -0.15) is 0 Å². The number of aryl methyl sites for hydroxylation is 1. The first kappa shape index (κ1) is 11.2. The summed E-state index contributed by atoms with van der Waals surface area (Å²) in [6, 6.07) is 4.85. The molecule has 0 saturated carbocycles. The van der Waals surface area contributed by atoms with Gasteiger partial charge in [0.05, 0.1) is 5.56 Å². The zero-order valence-electron chi connectivity index (χ0n) is 9.40. The van der Waals surface area contributed by atoms with Crippen molar-refractivity contribution in [2.75, 3.05) is 0 Å². The molecule has 0 aliphatic rings. The van der Waals surface area contributed by atoms with Crippen molar-refractivity contribution in [1.29, 1.82) is 0 Å². The standard InChI is InChI=1S/C12H11NO4/c1-6-11(12(15)16)9-5-8(17-7(2)14)3-4-10(9)13-6/h3-5,13H,1-2H3,(H,15,16). The third-order valence-electron chi connectivity index (χ3n) is 2.43. The third-order valence-corrected chi connectivity index (χ3v) is 2.43. The summed E-state index contributed by atoms with van der Waals surface area (Å²) in [6.07, 6.45) is 0. The summed E-state index contributed by atoms with van der Waals surface area (Å²) >= 11 is 0. The van der Waals surface area contributed by atoms with Crippen molar-refractivity contribution in [1.82, 2.24) is 4.98 Å². The molecule has 1 aromatic carbocycles. The van der Waals surface area contributed by atoms with E-state index in [0.717, 1.165) is 0 Å². The number of carboxylic acids is 1. The van der Waals surface area contributed by atoms with E-state index in [-0.39, 0.29) is 5.56 Å². The van der Waals surface area contributed by atoms with Crippen LogP contribution in [0.15, 0.2) is 18.2 Å². The Labute approximate surface area is 97.0 Å². The molecule has 2 N–H and O–H groups in total. The number of carbonyl (C=O) groups is 2. The first-order valence-corrected chi connectivity index (χ1v) is 5.03. The van der Waals surface area contributed by atoms with E-state index < -0.39 is 11.9 Å². The molecule has 5 heteroatoms. The molecule has 0 unspecified atom stereocenters. The molecule has 0 saturated heterocycles. The van der Waals surface area contributed by atoms with Crippen LogP contribution >= 0.6 is 0 Å². The van der Waals surface area contributed by atoms with Crippen molar-refractivity contribution < 1.29 is 19.4 Å². The fourth-order valence-corrected chi connectivity index (χ4v) is 1.81. The maximum atomic E-state index is 11.1. The lowest BCUT2D eigenvalue weighted by molar-refractivity contribution is -0.131. The van der Waals surface area contributed by atoms with Gasteiger partial charge in [0.2, 0.25) is 0 Å². The summed E-state index contributed by atoms with van der Waals surface area (Å²) in [5.74, 6) is -1.10. The first-order valence-electron chi connectivity index (χ1n) is 5.03. The summed E-state index contributed by atoms with van der Waals surface area (Å²) in [5, 5.41) is 9.63. The Morgan fingerprint density at radius 2 is 2.06 bits per heavy atom. The highest BCUT2D eigenvalue weighted by atomic mass is 16.5. The Hall–Kier alpha value is -2.30. The molecule has 1 aromatic heterocycles. The van der Waals surface area contributed by atoms with Gasteiger partial charge in [-0.25, -0.2) is 4.79 Å². The summed E-state index contributed by atoms with van der Waals surface area (Å²) < 4.78 is 4.92. The minimum absolute atomic E-state index is 0.203. The Kier molecular flexibility index (Phi) is 2.59. The number of fused-ring (bicyclic) bond motifs is 1. The van der Waals surface area contributed by atoms with Gasteiger partial charge in [0.15, 0.2) is 0 Å². The zero-order valence-corrected chi connectivity index (χ0v) is 9.40. The van der Waals surface area contributed by atoms with Gasteiger partial charge >= 0.3 is 11.9 Å². The third kappa shape index (κ3) is 1.99. The Bertz CT molecular complexity index is 612. The summed E-state index contributed by atoms with van der Waals surface area (Å²) in [5.41, 5.74) is 1.48. The number of hydrogen-bond acceptors (Lipinski definition) is 3. The second-order valence-corrected chi connectivity index (χ2v) is 3.73. The van der Waals surface area contributed by atoms with Crippen LogP contribution in [0.25, 0.3) is 10.9 Å². The van der Waals surface area contributed by atoms with Gasteiger partial charge in [0.1, 0.15) is 5.75 Å². The van der Waals surface area contributed by atoms with Crippen molar-refractivity contribution in [3.63, 3.8) is 0 Å². The van der Waals surface area contributed by atoms with E-state index in [0.29, 0.717) is 22.3 Å². The lowest BCUT2D eigenvalue weighted by Gasteiger charge is -2.01. The number of H-pyrrole nitrogens is 1. The normalized spacial score (nSPS) is 10.5. The van der Waals surface area contributed by atoms with Crippen molar-refractivity contribution in [3.8, 4) is 5.75 Å². The number of esters is 1. The molecular weight excluding hydrogens is 222 g/mol. The molecule has 0 fully saturated rings. The highest BCUT2D eigenvalue weighted by Gasteiger charge is 2.15. The van der Waals surface area contributed by atoms with Gasteiger partial charge < -0.3 is 14.8 Å². The van der Waals surface area contributed by atoms with E-state index >= 15 is 0 Å². The van der Waals surface area contributed by atoms with Gasteiger partial charge in [-0.1, -0.05) is 0 Å². The summed E-state index contributed by atoms with van der Waals surface area (Å²) in [4.78, 5) is 24.9. The molecule has 0 atom stereocenters. The highest BCUT2D eigenvalue weighted by molar-refractivity contribution is 6.05. The van der Waals surface area contributed by atoms with Crippen molar-refractivity contribution >= 4 is 22.8 Å². The lowest BCUT2D eigenvalue weighted by atomic mass is 10.1. The second kappa shape index (κ2) is 3.93. The number of hydrogen-bond donors (Lipinski definition) is 2. The van der Waals surface area contributed by atoms with E-state index in [1.54, 1.807) is 25.1 Å². The molecule has 5 nitrogen and oxygen atoms in total. The number of aromatic carboxylic acids is 1. The molecule has 2 aromatic rings. The number of aromatic nitrogens is 1. The number of aromatic amines is 1. The molecule has 17 heavy (non-hydrogen) atoms. The van der Waals surface area contributed by atoms with Gasteiger partial charge in [-0.15, -0.1) is 0 Å². The summed E-state index contributed by atoms with van der Waals surface area (Å²) in [7, 11) is 0.